The van der Waals surface area contributed by atoms with Gasteiger partial charge in [-0.15, -0.1) is 12.6 Å². The van der Waals surface area contributed by atoms with E-state index in [1.165, 1.54) is 6.21 Å². The van der Waals surface area contributed by atoms with Crippen LogP contribution in [0.4, 0.5) is 0 Å². The molecule has 0 aromatic heterocycles. The molecule has 0 aliphatic rings. The van der Waals surface area contributed by atoms with Crippen molar-refractivity contribution in [1.29, 1.82) is 5.53 Å². The van der Waals surface area contributed by atoms with Gasteiger partial charge < -0.3 is 0 Å². The van der Waals surface area contributed by atoms with Gasteiger partial charge in [-0.25, -0.2) is 5.53 Å². The van der Waals surface area contributed by atoms with Gasteiger partial charge in [0.2, 0.25) is 0 Å². The fourth-order valence-corrected chi connectivity index (χ4v) is 1.41. The van der Waals surface area contributed by atoms with Crippen LogP contribution in [0.5, 0.6) is 0 Å². The van der Waals surface area contributed by atoms with Gasteiger partial charge in [-0.2, -0.15) is 10.2 Å². The Balaban J connectivity index is 4.73. The van der Waals surface area contributed by atoms with Gasteiger partial charge in [-0.05, 0) is 27.7 Å². The quantitative estimate of drug-likeness (QED) is 0.131. The van der Waals surface area contributed by atoms with E-state index in [0.29, 0.717) is 10.6 Å². The molecule has 0 unspecified atom stereocenters. The van der Waals surface area contributed by atoms with Gasteiger partial charge in [0, 0.05) is 4.91 Å². The molecule has 0 bridgehead atoms. The summed E-state index contributed by atoms with van der Waals surface area (Å²) in [7, 11) is 0. The number of allylic oxidation sites excluding steroid dienone is 4. The molecule has 0 saturated heterocycles. The Bertz CT molecular complexity index is 441. The molecular weight excluding hydrogens is 264 g/mol. The average Bonchev–Trinajstić information content (AvgIpc) is 2.35. The lowest BCUT2D eigenvalue weighted by molar-refractivity contribution is 0.914. The van der Waals surface area contributed by atoms with Gasteiger partial charge in [-0.1, -0.05) is 29.9 Å². The van der Waals surface area contributed by atoms with E-state index in [1.807, 2.05) is 26.8 Å². The minimum Gasteiger partial charge on any atom is -0.278 e. The molecule has 0 atom stereocenters. The van der Waals surface area contributed by atoms with Crippen molar-refractivity contribution in [2.45, 2.75) is 27.7 Å². The van der Waals surface area contributed by atoms with Crippen molar-refractivity contribution in [2.24, 2.45) is 10.2 Å². The maximum Gasteiger partial charge on any atom is 0.100 e. The zero-order valence-corrected chi connectivity index (χ0v) is 12.7. The van der Waals surface area contributed by atoms with Crippen LogP contribution in [0, 0.1) is 5.53 Å². The van der Waals surface area contributed by atoms with Crippen LogP contribution < -0.4 is 5.43 Å². The highest BCUT2D eigenvalue weighted by atomic mass is 32.1. The van der Waals surface area contributed by atoms with Crippen molar-refractivity contribution in [1.82, 2.24) is 5.43 Å². The predicted molar refractivity (Wildman–Crippen MR) is 84.2 cm³/mol. The van der Waals surface area contributed by atoms with Crippen molar-refractivity contribution >= 4 is 35.9 Å². The minimum absolute atomic E-state index is 0.411. The zero-order chi connectivity index (χ0) is 14.1. The molecule has 0 aliphatic carbocycles. The van der Waals surface area contributed by atoms with Crippen LogP contribution in [0.25, 0.3) is 0 Å². The van der Waals surface area contributed by atoms with Crippen molar-refractivity contribution in [3.63, 3.8) is 0 Å². The predicted octanol–water partition coefficient (Wildman–Crippen LogP) is 3.99. The molecule has 0 rings (SSSR count). The van der Waals surface area contributed by atoms with Crippen LogP contribution in [0.3, 0.4) is 0 Å². The topological polar surface area (TPSA) is 60.6 Å². The van der Waals surface area contributed by atoms with Crippen LogP contribution in [0.15, 0.2) is 44.2 Å². The Morgan fingerprint density at radius 3 is 2.28 bits per heavy atom. The van der Waals surface area contributed by atoms with Gasteiger partial charge in [0.25, 0.3) is 0 Å². The van der Waals surface area contributed by atoms with Gasteiger partial charge in [-0.3, -0.25) is 5.43 Å². The molecule has 0 spiro atoms. The first-order chi connectivity index (χ1) is 8.47. The second-order valence-electron chi connectivity index (χ2n) is 3.57. The Morgan fingerprint density at radius 2 is 1.89 bits per heavy atom. The molecule has 0 radical (unpaired) electrons. The molecule has 4 nitrogen and oxygen atoms in total. The molecular formula is C12H18N4S2. The van der Waals surface area contributed by atoms with E-state index < -0.39 is 0 Å². The first-order valence-electron chi connectivity index (χ1n) is 5.38. The van der Waals surface area contributed by atoms with E-state index in [1.54, 1.807) is 13.0 Å². The first-order valence-corrected chi connectivity index (χ1v) is 6.23. The van der Waals surface area contributed by atoms with Crippen molar-refractivity contribution < 1.29 is 0 Å². The summed E-state index contributed by atoms with van der Waals surface area (Å²) in [5, 5.41) is 7.31. The first kappa shape index (κ1) is 16.7. The summed E-state index contributed by atoms with van der Waals surface area (Å²) in [5.74, 6) is 0. The molecule has 98 valence electrons. The lowest BCUT2D eigenvalue weighted by atomic mass is 10.2. The third kappa shape index (κ3) is 5.37. The Kier molecular flexibility index (Phi) is 8.15. The largest absolute Gasteiger partial charge is 0.278 e. The fraction of sp³-hybridized carbons (Fsp3) is 0.333. The van der Waals surface area contributed by atoms with E-state index in [2.05, 4.69) is 28.3 Å². The Hall–Kier alpha value is -1.27. The Labute approximate surface area is 119 Å². The molecule has 0 saturated carbocycles. The molecule has 18 heavy (non-hydrogen) atoms. The van der Waals surface area contributed by atoms with Crippen LogP contribution >= 0.6 is 24.8 Å². The van der Waals surface area contributed by atoms with Crippen LogP contribution in [-0.2, 0) is 0 Å². The van der Waals surface area contributed by atoms with E-state index in [4.69, 9.17) is 17.7 Å². The summed E-state index contributed by atoms with van der Waals surface area (Å²) in [6.07, 6.45) is 5.00. The van der Waals surface area contributed by atoms with Gasteiger partial charge in [0.1, 0.15) is 5.70 Å². The smallest absolute Gasteiger partial charge is 0.100 e. The molecule has 0 aliphatic heterocycles. The van der Waals surface area contributed by atoms with Crippen LogP contribution in [0.1, 0.15) is 27.7 Å². The number of hydrazone groups is 1. The van der Waals surface area contributed by atoms with Gasteiger partial charge in [0.15, 0.2) is 0 Å². The lowest BCUT2D eigenvalue weighted by Gasteiger charge is -2.07. The Morgan fingerprint density at radius 1 is 1.28 bits per heavy atom. The highest BCUT2D eigenvalue weighted by Crippen LogP contribution is 2.15. The SMILES string of the molecule is C/C=C(/N=N)C(=S)C=NN/C(=C/C)C(S)=C(C)C. The molecule has 6 heteroatoms. The summed E-state index contributed by atoms with van der Waals surface area (Å²) >= 11 is 9.44. The molecule has 0 amide bonds. The van der Waals surface area contributed by atoms with Gasteiger partial charge in [0.05, 0.1) is 16.8 Å². The molecule has 0 heterocycles. The average molecular weight is 282 g/mol. The fourth-order valence-electron chi connectivity index (χ4n) is 1.01. The third-order valence-corrected chi connectivity index (χ3v) is 3.03. The summed E-state index contributed by atoms with van der Waals surface area (Å²) in [6.45, 7) is 7.61. The number of thiol groups is 1. The third-order valence-electron chi connectivity index (χ3n) is 2.03. The van der Waals surface area contributed by atoms with E-state index in [-0.39, 0.29) is 0 Å². The van der Waals surface area contributed by atoms with Crippen molar-refractivity contribution in [2.75, 3.05) is 0 Å². The van der Waals surface area contributed by atoms with E-state index in [0.717, 1.165) is 16.2 Å². The number of nitrogens with zero attached hydrogens (tertiary/aromatic N) is 2. The molecule has 2 N–H and O–H groups in total. The monoisotopic (exact) mass is 282 g/mol. The maximum atomic E-state index is 6.93. The highest BCUT2D eigenvalue weighted by Gasteiger charge is 2.01. The second-order valence-corrected chi connectivity index (χ2v) is 4.46. The van der Waals surface area contributed by atoms with Crippen LogP contribution in [0.2, 0.25) is 0 Å². The maximum absolute atomic E-state index is 6.93. The lowest BCUT2D eigenvalue weighted by Crippen LogP contribution is -2.09. The van der Waals surface area contributed by atoms with Crippen LogP contribution in [-0.4, -0.2) is 11.1 Å². The molecule has 0 aromatic rings. The van der Waals surface area contributed by atoms with Gasteiger partial charge >= 0.3 is 0 Å². The summed E-state index contributed by atoms with van der Waals surface area (Å²) in [4.78, 5) is 1.25. The summed E-state index contributed by atoms with van der Waals surface area (Å²) < 4.78 is 0. The standard InChI is InChI=1S/C12H18N4S2/c1-5-9(15-13)11(17)7-14-16-10(6-2)12(18)8(3)4/h5-7,13,16,18H,1-4H3/b9-5+,10-6+,14-7?,15-13?. The number of hydrogen-bond donors (Lipinski definition) is 3. The van der Waals surface area contributed by atoms with Crippen molar-refractivity contribution in [3.8, 4) is 0 Å². The number of rotatable bonds is 6. The normalized spacial score (nSPS) is 12.5. The second kappa shape index (κ2) is 8.77. The summed E-state index contributed by atoms with van der Waals surface area (Å²) in [6, 6.07) is 0. The number of thiocarbonyl (C=S) groups is 1. The summed E-state index contributed by atoms with van der Waals surface area (Å²) in [5.41, 5.74) is 12.1. The number of hydrogen-bond acceptors (Lipinski definition) is 6. The van der Waals surface area contributed by atoms with E-state index >= 15 is 0 Å². The molecule has 0 fully saturated rings. The highest BCUT2D eigenvalue weighted by molar-refractivity contribution is 7.84. The number of nitrogens with one attached hydrogen (secondary N) is 2. The van der Waals surface area contributed by atoms with Crippen molar-refractivity contribution in [3.05, 3.63) is 34.0 Å². The molecule has 0 aromatic carbocycles. The minimum atomic E-state index is 0.411. The zero-order valence-electron chi connectivity index (χ0n) is 11.0. The van der Waals surface area contributed by atoms with E-state index in [9.17, 15) is 0 Å².